The first-order chi connectivity index (χ1) is 9.52. The Bertz CT molecular complexity index is 559. The van der Waals surface area contributed by atoms with Crippen LogP contribution in [0.1, 0.15) is 48.6 Å². The summed E-state index contributed by atoms with van der Waals surface area (Å²) >= 11 is 3.39. The zero-order valence-electron chi connectivity index (χ0n) is 11.1. The van der Waals surface area contributed by atoms with Crippen molar-refractivity contribution >= 4 is 27.8 Å². The zero-order valence-corrected chi connectivity index (χ0v) is 12.6. The highest BCUT2D eigenvalue weighted by Gasteiger charge is 2.44. The van der Waals surface area contributed by atoms with Gasteiger partial charge in [-0.1, -0.05) is 6.42 Å². The van der Waals surface area contributed by atoms with E-state index in [0.717, 1.165) is 23.7 Å². The molecule has 1 aromatic heterocycles. The van der Waals surface area contributed by atoms with Crippen molar-refractivity contribution < 1.29 is 14.7 Å². The number of nitrogens with zero attached hydrogens (tertiary/aromatic N) is 1. The first-order valence-corrected chi connectivity index (χ1v) is 7.70. The van der Waals surface area contributed by atoms with Gasteiger partial charge in [-0.3, -0.25) is 9.59 Å². The number of carboxylic acid groups (broad SMARTS) is 1. The van der Waals surface area contributed by atoms with E-state index in [-0.39, 0.29) is 12.5 Å². The van der Waals surface area contributed by atoms with Crippen LogP contribution in [0.4, 0.5) is 0 Å². The Morgan fingerprint density at radius 2 is 2.15 bits per heavy atom. The van der Waals surface area contributed by atoms with Gasteiger partial charge < -0.3 is 15.0 Å². The predicted molar refractivity (Wildman–Crippen MR) is 76.7 cm³/mol. The van der Waals surface area contributed by atoms with Gasteiger partial charge in [-0.2, -0.15) is 0 Å². The summed E-state index contributed by atoms with van der Waals surface area (Å²) in [6.45, 7) is 0.217. The van der Waals surface area contributed by atoms with Crippen molar-refractivity contribution in [2.24, 2.45) is 5.41 Å². The highest BCUT2D eigenvalue weighted by Crippen LogP contribution is 2.41. The quantitative estimate of drug-likeness (QED) is 0.865. The van der Waals surface area contributed by atoms with Crippen LogP contribution in [0.3, 0.4) is 0 Å². The molecule has 2 fully saturated rings. The molecule has 6 heteroatoms. The summed E-state index contributed by atoms with van der Waals surface area (Å²) in [5, 5.41) is 12.1. The molecule has 1 heterocycles. The van der Waals surface area contributed by atoms with E-state index in [9.17, 15) is 14.7 Å². The number of hydrogen-bond donors (Lipinski definition) is 2. The lowest BCUT2D eigenvalue weighted by molar-refractivity contribution is -0.153. The molecule has 0 bridgehead atoms. The lowest BCUT2D eigenvalue weighted by Gasteiger charge is -2.37. The molecule has 0 atom stereocenters. The molecule has 0 aliphatic heterocycles. The Kier molecular flexibility index (Phi) is 3.36. The van der Waals surface area contributed by atoms with Gasteiger partial charge in [0.25, 0.3) is 5.91 Å². The van der Waals surface area contributed by atoms with E-state index in [1.54, 1.807) is 6.07 Å². The number of aromatic nitrogens is 1. The third kappa shape index (κ3) is 2.37. The summed E-state index contributed by atoms with van der Waals surface area (Å²) < 4.78 is 2.86. The van der Waals surface area contributed by atoms with Crippen LogP contribution < -0.4 is 5.32 Å². The van der Waals surface area contributed by atoms with Gasteiger partial charge in [-0.25, -0.2) is 0 Å². The van der Waals surface area contributed by atoms with Gasteiger partial charge in [0.2, 0.25) is 0 Å². The molecule has 1 aromatic rings. The van der Waals surface area contributed by atoms with E-state index in [1.165, 1.54) is 0 Å². The minimum Gasteiger partial charge on any atom is -0.481 e. The van der Waals surface area contributed by atoms with Crippen LogP contribution in [0.5, 0.6) is 0 Å². The third-order valence-corrected chi connectivity index (χ3v) is 4.77. The number of rotatable bonds is 5. The van der Waals surface area contributed by atoms with E-state index in [0.29, 0.717) is 24.6 Å². The standard InChI is InChI=1S/C14H17BrN2O3/c15-9-6-11(17(7-9)10-2-3-10)12(18)16-8-14(13(19)20)4-1-5-14/h6-7,10H,1-5,8H2,(H,16,18)(H,19,20). The van der Waals surface area contributed by atoms with Crippen LogP contribution in [-0.4, -0.2) is 28.1 Å². The van der Waals surface area contributed by atoms with Gasteiger partial charge in [-0.05, 0) is 47.7 Å². The smallest absolute Gasteiger partial charge is 0.311 e. The Morgan fingerprint density at radius 3 is 2.65 bits per heavy atom. The lowest BCUT2D eigenvalue weighted by Crippen LogP contribution is -2.47. The van der Waals surface area contributed by atoms with Crippen LogP contribution >= 0.6 is 15.9 Å². The Morgan fingerprint density at radius 1 is 1.45 bits per heavy atom. The lowest BCUT2D eigenvalue weighted by atomic mass is 9.69. The van der Waals surface area contributed by atoms with Gasteiger partial charge in [0.15, 0.2) is 0 Å². The number of halogens is 1. The van der Waals surface area contributed by atoms with Crippen LogP contribution in [0.25, 0.3) is 0 Å². The number of amides is 1. The van der Waals surface area contributed by atoms with E-state index in [4.69, 9.17) is 0 Å². The second kappa shape index (κ2) is 4.91. The minimum atomic E-state index is -0.803. The van der Waals surface area contributed by atoms with Crippen molar-refractivity contribution in [1.82, 2.24) is 9.88 Å². The second-order valence-corrected chi connectivity index (χ2v) is 6.72. The fraction of sp³-hybridized carbons (Fsp3) is 0.571. The van der Waals surface area contributed by atoms with Gasteiger partial charge in [0.05, 0.1) is 5.41 Å². The van der Waals surface area contributed by atoms with Gasteiger partial charge in [0.1, 0.15) is 5.69 Å². The van der Waals surface area contributed by atoms with Gasteiger partial charge >= 0.3 is 5.97 Å². The van der Waals surface area contributed by atoms with E-state index >= 15 is 0 Å². The molecular formula is C14H17BrN2O3. The van der Waals surface area contributed by atoms with Crippen molar-refractivity contribution in [2.75, 3.05) is 6.54 Å². The SMILES string of the molecule is O=C(NCC1(C(=O)O)CCC1)c1cc(Br)cn1C1CC1. The van der Waals surface area contributed by atoms with Gasteiger partial charge in [0, 0.05) is 23.3 Å². The predicted octanol–water partition coefficient (Wildman–Crippen LogP) is 2.57. The fourth-order valence-electron chi connectivity index (χ4n) is 2.69. The Balaban J connectivity index is 1.69. The van der Waals surface area contributed by atoms with Crippen molar-refractivity contribution in [2.45, 2.75) is 38.1 Å². The Hall–Kier alpha value is -1.30. The topological polar surface area (TPSA) is 71.3 Å². The maximum absolute atomic E-state index is 12.3. The highest BCUT2D eigenvalue weighted by atomic mass is 79.9. The average molecular weight is 341 g/mol. The molecule has 0 unspecified atom stereocenters. The van der Waals surface area contributed by atoms with E-state index in [1.807, 2.05) is 10.8 Å². The minimum absolute atomic E-state index is 0.185. The number of carboxylic acids is 1. The van der Waals surface area contributed by atoms with Crippen molar-refractivity contribution in [3.63, 3.8) is 0 Å². The number of carbonyl (C=O) groups excluding carboxylic acids is 1. The number of aliphatic carboxylic acids is 1. The maximum Gasteiger partial charge on any atom is 0.311 e. The molecule has 0 radical (unpaired) electrons. The summed E-state index contributed by atoms with van der Waals surface area (Å²) in [4.78, 5) is 23.6. The summed E-state index contributed by atoms with van der Waals surface area (Å²) in [6.07, 6.45) is 6.34. The van der Waals surface area contributed by atoms with Crippen molar-refractivity contribution in [3.05, 3.63) is 22.4 Å². The summed E-state index contributed by atoms with van der Waals surface area (Å²) in [5.74, 6) is -0.988. The first kappa shape index (κ1) is 13.7. The molecular weight excluding hydrogens is 324 g/mol. The number of nitrogens with one attached hydrogen (secondary N) is 1. The molecule has 3 rings (SSSR count). The zero-order chi connectivity index (χ0) is 14.3. The normalized spacial score (nSPS) is 20.2. The molecule has 2 saturated carbocycles. The Labute approximate surface area is 125 Å². The van der Waals surface area contributed by atoms with Gasteiger partial charge in [-0.15, -0.1) is 0 Å². The van der Waals surface area contributed by atoms with Crippen LogP contribution in [0, 0.1) is 5.41 Å². The molecule has 0 spiro atoms. The highest BCUT2D eigenvalue weighted by molar-refractivity contribution is 9.10. The van der Waals surface area contributed by atoms with Crippen LogP contribution in [0.15, 0.2) is 16.7 Å². The molecule has 20 heavy (non-hydrogen) atoms. The largest absolute Gasteiger partial charge is 0.481 e. The van der Waals surface area contributed by atoms with Crippen LogP contribution in [0.2, 0.25) is 0 Å². The number of carbonyl (C=O) groups is 2. The molecule has 0 aromatic carbocycles. The van der Waals surface area contributed by atoms with E-state index in [2.05, 4.69) is 21.2 Å². The average Bonchev–Trinajstić information content (AvgIpc) is 3.10. The molecule has 2 aliphatic rings. The summed E-state index contributed by atoms with van der Waals surface area (Å²) in [7, 11) is 0. The number of hydrogen-bond acceptors (Lipinski definition) is 2. The monoisotopic (exact) mass is 340 g/mol. The van der Waals surface area contributed by atoms with E-state index < -0.39 is 11.4 Å². The molecule has 0 saturated heterocycles. The third-order valence-electron chi connectivity index (χ3n) is 4.34. The molecule has 2 N–H and O–H groups in total. The summed E-state index contributed by atoms with van der Waals surface area (Å²) in [6, 6.07) is 2.21. The van der Waals surface area contributed by atoms with Crippen molar-refractivity contribution in [1.29, 1.82) is 0 Å². The molecule has 5 nitrogen and oxygen atoms in total. The summed E-state index contributed by atoms with van der Waals surface area (Å²) in [5.41, 5.74) is -0.136. The fourth-order valence-corrected chi connectivity index (χ4v) is 3.13. The second-order valence-electron chi connectivity index (χ2n) is 5.80. The molecule has 2 aliphatic carbocycles. The first-order valence-electron chi connectivity index (χ1n) is 6.91. The molecule has 108 valence electrons. The van der Waals surface area contributed by atoms with Crippen molar-refractivity contribution in [3.8, 4) is 0 Å². The van der Waals surface area contributed by atoms with Crippen LogP contribution in [-0.2, 0) is 4.79 Å². The maximum atomic E-state index is 12.3. The molecule has 1 amide bonds.